The molecule has 2 rings (SSSR count). The maximum atomic E-state index is 5.95. The number of halogens is 1. The van der Waals surface area contributed by atoms with Crippen LogP contribution in [0.25, 0.3) is 0 Å². The van der Waals surface area contributed by atoms with Crippen LogP contribution in [0.5, 0.6) is 0 Å². The van der Waals surface area contributed by atoms with Gasteiger partial charge in [-0.25, -0.2) is 0 Å². The molecule has 2 N–H and O–H groups in total. The Bertz CT molecular complexity index is 322. The van der Waals surface area contributed by atoms with Crippen LogP contribution >= 0.6 is 11.6 Å². The minimum Gasteiger partial charge on any atom is -0.330 e. The van der Waals surface area contributed by atoms with Crippen LogP contribution in [0.1, 0.15) is 36.3 Å². The second-order valence-corrected chi connectivity index (χ2v) is 4.28. The number of rotatable bonds is 1. The van der Waals surface area contributed by atoms with Gasteiger partial charge >= 0.3 is 0 Å². The fraction of sp³-hybridized carbons (Fsp3) is 0.455. The third-order valence-electron chi connectivity index (χ3n) is 2.94. The van der Waals surface area contributed by atoms with Crippen LogP contribution in [-0.4, -0.2) is 6.54 Å². The molecule has 0 saturated heterocycles. The first kappa shape index (κ1) is 9.04. The van der Waals surface area contributed by atoms with Crippen molar-refractivity contribution in [3.05, 3.63) is 34.3 Å². The molecule has 1 aromatic rings. The summed E-state index contributed by atoms with van der Waals surface area (Å²) in [6.45, 7) is 2.99. The smallest absolute Gasteiger partial charge is 0.0409 e. The van der Waals surface area contributed by atoms with Gasteiger partial charge in [0.1, 0.15) is 0 Å². The monoisotopic (exact) mass is 195 g/mol. The van der Waals surface area contributed by atoms with E-state index in [0.717, 1.165) is 11.6 Å². The number of hydrogen-bond acceptors (Lipinski definition) is 1. The molecule has 0 spiro atoms. The highest BCUT2D eigenvalue weighted by molar-refractivity contribution is 6.30. The lowest BCUT2D eigenvalue weighted by molar-refractivity contribution is 0.626. The summed E-state index contributed by atoms with van der Waals surface area (Å²) < 4.78 is 0. The highest BCUT2D eigenvalue weighted by Gasteiger charge is 2.26. The molecule has 0 bridgehead atoms. The fourth-order valence-electron chi connectivity index (χ4n) is 2.25. The zero-order chi connectivity index (χ0) is 9.42. The van der Waals surface area contributed by atoms with Crippen LogP contribution < -0.4 is 5.73 Å². The van der Waals surface area contributed by atoms with Crippen LogP contribution in [0.4, 0.5) is 0 Å². The summed E-state index contributed by atoms with van der Waals surface area (Å²) in [5.74, 6) is 1.16. The maximum Gasteiger partial charge on any atom is 0.0409 e. The van der Waals surface area contributed by atoms with Crippen molar-refractivity contribution in [1.29, 1.82) is 0 Å². The molecule has 2 heteroatoms. The van der Waals surface area contributed by atoms with Crippen molar-refractivity contribution in [1.82, 2.24) is 0 Å². The SMILES string of the molecule is CC1CC(CN)c2ccc(Cl)cc21. The third kappa shape index (κ3) is 1.47. The van der Waals surface area contributed by atoms with Crippen molar-refractivity contribution in [3.63, 3.8) is 0 Å². The molecular formula is C11H14ClN. The van der Waals surface area contributed by atoms with E-state index in [9.17, 15) is 0 Å². The predicted molar refractivity (Wildman–Crippen MR) is 56.3 cm³/mol. The van der Waals surface area contributed by atoms with Gasteiger partial charge < -0.3 is 5.73 Å². The van der Waals surface area contributed by atoms with Crippen molar-refractivity contribution in [3.8, 4) is 0 Å². The first-order chi connectivity index (χ1) is 6.22. The first-order valence-electron chi connectivity index (χ1n) is 4.71. The predicted octanol–water partition coefficient (Wildman–Crippen LogP) is 2.89. The van der Waals surface area contributed by atoms with E-state index in [0.29, 0.717) is 11.8 Å². The van der Waals surface area contributed by atoms with Gasteiger partial charge in [0.25, 0.3) is 0 Å². The number of hydrogen-bond donors (Lipinski definition) is 1. The van der Waals surface area contributed by atoms with Crippen LogP contribution in [-0.2, 0) is 0 Å². The van der Waals surface area contributed by atoms with Gasteiger partial charge in [-0.05, 0) is 48.1 Å². The van der Waals surface area contributed by atoms with Gasteiger partial charge in [-0.1, -0.05) is 24.6 Å². The topological polar surface area (TPSA) is 26.0 Å². The molecule has 1 aliphatic carbocycles. The number of benzene rings is 1. The van der Waals surface area contributed by atoms with E-state index < -0.39 is 0 Å². The summed E-state index contributed by atoms with van der Waals surface area (Å²) in [7, 11) is 0. The van der Waals surface area contributed by atoms with E-state index in [1.165, 1.54) is 17.5 Å². The lowest BCUT2D eigenvalue weighted by Gasteiger charge is -2.07. The molecule has 0 aromatic heterocycles. The Labute approximate surface area is 83.9 Å². The Hall–Kier alpha value is -0.530. The summed E-state index contributed by atoms with van der Waals surface area (Å²) in [6.07, 6.45) is 1.17. The molecule has 0 amide bonds. The summed E-state index contributed by atoms with van der Waals surface area (Å²) >= 11 is 5.95. The number of nitrogens with two attached hydrogens (primary N) is 1. The van der Waals surface area contributed by atoms with Gasteiger partial charge in [-0.15, -0.1) is 0 Å². The summed E-state index contributed by atoms with van der Waals surface area (Å²) in [6, 6.07) is 6.16. The van der Waals surface area contributed by atoms with Crippen LogP contribution in [0.2, 0.25) is 5.02 Å². The van der Waals surface area contributed by atoms with Gasteiger partial charge in [0.05, 0.1) is 0 Å². The average Bonchev–Trinajstić information content (AvgIpc) is 2.43. The first-order valence-corrected chi connectivity index (χ1v) is 5.09. The maximum absolute atomic E-state index is 5.95. The molecule has 1 nitrogen and oxygen atoms in total. The van der Waals surface area contributed by atoms with Gasteiger partial charge in [0.15, 0.2) is 0 Å². The van der Waals surface area contributed by atoms with Crippen LogP contribution in [0.15, 0.2) is 18.2 Å². The Morgan fingerprint density at radius 3 is 2.92 bits per heavy atom. The van der Waals surface area contributed by atoms with E-state index in [-0.39, 0.29) is 0 Å². The molecular weight excluding hydrogens is 182 g/mol. The van der Waals surface area contributed by atoms with Crippen molar-refractivity contribution in [2.45, 2.75) is 25.2 Å². The van der Waals surface area contributed by atoms with Gasteiger partial charge in [0.2, 0.25) is 0 Å². The Morgan fingerprint density at radius 2 is 2.23 bits per heavy atom. The Kier molecular flexibility index (Phi) is 2.31. The van der Waals surface area contributed by atoms with Crippen LogP contribution in [0.3, 0.4) is 0 Å². The quantitative estimate of drug-likeness (QED) is 0.733. The molecule has 2 unspecified atom stereocenters. The normalized spacial score (nSPS) is 26.1. The van der Waals surface area contributed by atoms with Gasteiger partial charge in [-0.3, -0.25) is 0 Å². The van der Waals surface area contributed by atoms with E-state index >= 15 is 0 Å². The van der Waals surface area contributed by atoms with Crippen molar-refractivity contribution in [2.24, 2.45) is 5.73 Å². The Morgan fingerprint density at radius 1 is 1.46 bits per heavy atom. The zero-order valence-corrected chi connectivity index (χ0v) is 8.51. The lowest BCUT2D eigenvalue weighted by Crippen LogP contribution is -2.09. The largest absolute Gasteiger partial charge is 0.330 e. The van der Waals surface area contributed by atoms with E-state index in [1.807, 2.05) is 6.07 Å². The number of fused-ring (bicyclic) bond motifs is 1. The molecule has 0 radical (unpaired) electrons. The van der Waals surface area contributed by atoms with Crippen molar-refractivity contribution < 1.29 is 0 Å². The van der Waals surface area contributed by atoms with E-state index in [1.54, 1.807) is 0 Å². The molecule has 0 fully saturated rings. The van der Waals surface area contributed by atoms with Crippen molar-refractivity contribution in [2.75, 3.05) is 6.54 Å². The lowest BCUT2D eigenvalue weighted by atomic mass is 10.0. The highest BCUT2D eigenvalue weighted by Crippen LogP contribution is 2.41. The minimum atomic E-state index is 0.544. The molecule has 1 aliphatic rings. The molecule has 0 saturated carbocycles. The van der Waals surface area contributed by atoms with Gasteiger partial charge in [0, 0.05) is 5.02 Å². The van der Waals surface area contributed by atoms with E-state index in [4.69, 9.17) is 17.3 Å². The highest BCUT2D eigenvalue weighted by atomic mass is 35.5. The third-order valence-corrected chi connectivity index (χ3v) is 3.18. The minimum absolute atomic E-state index is 0.544. The second kappa shape index (κ2) is 3.32. The molecule has 13 heavy (non-hydrogen) atoms. The summed E-state index contributed by atoms with van der Waals surface area (Å²) in [5, 5.41) is 0.836. The molecule has 0 heterocycles. The average molecular weight is 196 g/mol. The standard InChI is InChI=1S/C11H14ClN/c1-7-4-8(6-13)10-3-2-9(12)5-11(7)10/h2-3,5,7-8H,4,6,13H2,1H3. The second-order valence-electron chi connectivity index (χ2n) is 3.84. The molecule has 1 aromatic carbocycles. The summed E-state index contributed by atoms with van der Waals surface area (Å²) in [4.78, 5) is 0. The van der Waals surface area contributed by atoms with Crippen molar-refractivity contribution >= 4 is 11.6 Å². The molecule has 2 atom stereocenters. The molecule has 0 aliphatic heterocycles. The fourth-order valence-corrected chi connectivity index (χ4v) is 2.43. The summed E-state index contributed by atoms with van der Waals surface area (Å²) in [5.41, 5.74) is 8.51. The van der Waals surface area contributed by atoms with Gasteiger partial charge in [-0.2, -0.15) is 0 Å². The molecule has 70 valence electrons. The van der Waals surface area contributed by atoms with E-state index in [2.05, 4.69) is 19.1 Å². The van der Waals surface area contributed by atoms with Crippen LogP contribution in [0, 0.1) is 0 Å². The zero-order valence-electron chi connectivity index (χ0n) is 7.76. The Balaban J connectivity index is 2.46.